The molecular formula is C27H28ClFN4O5. The lowest BCUT2D eigenvalue weighted by molar-refractivity contribution is 0.0240. The monoisotopic (exact) mass is 542 g/mol. The molecule has 0 aliphatic carbocycles. The molecule has 9 nitrogen and oxygen atoms in total. The lowest BCUT2D eigenvalue weighted by Gasteiger charge is -2.36. The zero-order valence-corrected chi connectivity index (χ0v) is 22.3. The van der Waals surface area contributed by atoms with Gasteiger partial charge in [-0.3, -0.25) is 0 Å². The smallest absolute Gasteiger partial charge is 0.410 e. The van der Waals surface area contributed by atoms with Crippen LogP contribution in [0, 0.1) is 5.82 Å². The highest BCUT2D eigenvalue weighted by molar-refractivity contribution is 6.30. The van der Waals surface area contributed by atoms with Gasteiger partial charge in [0, 0.05) is 42.8 Å². The first kappa shape index (κ1) is 27.1. The molecule has 11 heteroatoms. The molecule has 0 atom stereocenters. The van der Waals surface area contributed by atoms with E-state index in [1.54, 1.807) is 23.2 Å². The van der Waals surface area contributed by atoms with Crippen molar-refractivity contribution in [3.05, 3.63) is 65.1 Å². The Morgan fingerprint density at radius 1 is 1.03 bits per heavy atom. The molecule has 0 N–H and O–H groups in total. The molecule has 1 aliphatic rings. The van der Waals surface area contributed by atoms with Gasteiger partial charge in [-0.05, 0) is 57.2 Å². The molecule has 3 heterocycles. The van der Waals surface area contributed by atoms with Crippen LogP contribution in [0.1, 0.15) is 31.1 Å². The van der Waals surface area contributed by atoms with E-state index >= 15 is 0 Å². The third-order valence-electron chi connectivity index (χ3n) is 5.58. The van der Waals surface area contributed by atoms with Gasteiger partial charge in [0.15, 0.2) is 0 Å². The van der Waals surface area contributed by atoms with Crippen LogP contribution < -0.4 is 9.64 Å². The number of piperazine rings is 1. The Kier molecular flexibility index (Phi) is 8.01. The van der Waals surface area contributed by atoms with Gasteiger partial charge in [-0.2, -0.15) is 0 Å². The normalized spacial score (nSPS) is 13.7. The van der Waals surface area contributed by atoms with Crippen molar-refractivity contribution in [2.75, 3.05) is 38.2 Å². The lowest BCUT2D eigenvalue weighted by atomic mass is 10.1. The molecule has 0 bridgehead atoms. The lowest BCUT2D eigenvalue weighted by Crippen LogP contribution is -2.50. The van der Waals surface area contributed by atoms with Crippen LogP contribution in [0.3, 0.4) is 0 Å². The van der Waals surface area contributed by atoms with Crippen LogP contribution in [0.2, 0.25) is 5.02 Å². The summed E-state index contributed by atoms with van der Waals surface area (Å²) in [6.07, 6.45) is 1.22. The second-order valence-electron chi connectivity index (χ2n) is 9.64. The van der Waals surface area contributed by atoms with E-state index < -0.39 is 17.4 Å². The number of hydrogen-bond donors (Lipinski definition) is 0. The predicted octanol–water partition coefficient (Wildman–Crippen LogP) is 5.57. The third-order valence-corrected chi connectivity index (χ3v) is 5.80. The van der Waals surface area contributed by atoms with Crippen LogP contribution in [0.5, 0.6) is 11.6 Å². The van der Waals surface area contributed by atoms with Crippen molar-refractivity contribution in [3.8, 4) is 22.9 Å². The summed E-state index contributed by atoms with van der Waals surface area (Å²) in [5, 5.41) is 0.194. The van der Waals surface area contributed by atoms with Crippen LogP contribution in [0.4, 0.5) is 15.0 Å². The highest BCUT2D eigenvalue weighted by Crippen LogP contribution is 2.29. The van der Waals surface area contributed by atoms with Crippen LogP contribution in [-0.2, 0) is 9.47 Å². The zero-order chi connectivity index (χ0) is 27.4. The molecule has 4 rings (SSSR count). The number of esters is 1. The highest BCUT2D eigenvalue weighted by Gasteiger charge is 2.26. The van der Waals surface area contributed by atoms with E-state index in [-0.39, 0.29) is 28.3 Å². The van der Waals surface area contributed by atoms with Crippen molar-refractivity contribution in [1.29, 1.82) is 0 Å². The second-order valence-corrected chi connectivity index (χ2v) is 10.1. The standard InChI is InChI=1S/C27H28ClFN4O5/c1-27(2,3)38-26(35)33-9-7-32(8-10-33)23-6-5-21(16-30-23)37-24-14-18(25(34)36-4)13-22(31-24)17-11-19(28)15-20(29)12-17/h5-6,11-16H,7-10H2,1-4H3. The van der Waals surface area contributed by atoms with Crippen LogP contribution >= 0.6 is 11.6 Å². The number of nitrogens with zero attached hydrogens (tertiary/aromatic N) is 4. The van der Waals surface area contributed by atoms with Gasteiger partial charge in [-0.15, -0.1) is 0 Å². The number of rotatable bonds is 5. The van der Waals surface area contributed by atoms with E-state index in [1.807, 2.05) is 20.8 Å². The number of methoxy groups -OCH3 is 1. The van der Waals surface area contributed by atoms with Crippen LogP contribution in [0.15, 0.2) is 48.7 Å². The molecule has 1 amide bonds. The van der Waals surface area contributed by atoms with E-state index in [9.17, 15) is 14.0 Å². The van der Waals surface area contributed by atoms with Gasteiger partial charge in [-0.1, -0.05) is 11.6 Å². The highest BCUT2D eigenvalue weighted by atomic mass is 35.5. The van der Waals surface area contributed by atoms with Gasteiger partial charge >= 0.3 is 12.1 Å². The maximum atomic E-state index is 13.9. The van der Waals surface area contributed by atoms with Crippen LogP contribution in [0.25, 0.3) is 11.3 Å². The first-order valence-corrected chi connectivity index (χ1v) is 12.3. The van der Waals surface area contributed by atoms with E-state index in [2.05, 4.69) is 14.9 Å². The molecule has 0 radical (unpaired) electrons. The molecule has 0 saturated carbocycles. The van der Waals surface area contributed by atoms with Gasteiger partial charge in [0.1, 0.15) is 23.0 Å². The fourth-order valence-electron chi connectivity index (χ4n) is 3.83. The molecule has 1 aromatic carbocycles. The molecule has 3 aromatic rings. The van der Waals surface area contributed by atoms with Gasteiger partial charge in [0.05, 0.1) is 24.6 Å². The summed E-state index contributed by atoms with van der Waals surface area (Å²) in [7, 11) is 1.26. The molecule has 1 saturated heterocycles. The van der Waals surface area contributed by atoms with E-state index in [0.717, 1.165) is 5.82 Å². The molecule has 38 heavy (non-hydrogen) atoms. The van der Waals surface area contributed by atoms with Crippen molar-refractivity contribution < 1.29 is 28.2 Å². The van der Waals surface area contributed by atoms with Crippen LogP contribution in [-0.4, -0.2) is 65.8 Å². The quantitative estimate of drug-likeness (QED) is 0.386. The number of benzene rings is 1. The van der Waals surface area contributed by atoms with Crippen molar-refractivity contribution in [2.24, 2.45) is 0 Å². The molecule has 0 unspecified atom stereocenters. The number of pyridine rings is 2. The topological polar surface area (TPSA) is 94.1 Å². The number of carbonyl (C=O) groups is 2. The number of halogens is 2. The zero-order valence-electron chi connectivity index (χ0n) is 21.5. The Morgan fingerprint density at radius 3 is 2.37 bits per heavy atom. The number of ether oxygens (including phenoxy) is 3. The summed E-state index contributed by atoms with van der Waals surface area (Å²) in [6, 6.07) is 10.4. The SMILES string of the molecule is COC(=O)c1cc(Oc2ccc(N3CCN(C(=O)OC(C)(C)C)CC3)nc2)nc(-c2cc(F)cc(Cl)c2)c1. The maximum Gasteiger partial charge on any atom is 0.410 e. The van der Waals surface area contributed by atoms with Crippen molar-refractivity contribution in [1.82, 2.24) is 14.9 Å². The Balaban J connectivity index is 1.47. The van der Waals surface area contributed by atoms with Gasteiger partial charge in [0.2, 0.25) is 5.88 Å². The Labute approximate surface area is 225 Å². The molecule has 2 aromatic heterocycles. The van der Waals surface area contributed by atoms with E-state index in [1.165, 1.54) is 37.4 Å². The number of anilines is 1. The Morgan fingerprint density at radius 2 is 1.76 bits per heavy atom. The minimum atomic E-state index is -0.597. The molecule has 0 spiro atoms. The average Bonchev–Trinajstić information content (AvgIpc) is 2.87. The summed E-state index contributed by atoms with van der Waals surface area (Å²) < 4.78 is 30.1. The summed E-state index contributed by atoms with van der Waals surface area (Å²) in [5.74, 6) is 0.0854. The minimum absolute atomic E-state index is 0.101. The summed E-state index contributed by atoms with van der Waals surface area (Å²) in [6.45, 7) is 7.77. The molecular weight excluding hydrogens is 515 g/mol. The van der Waals surface area contributed by atoms with Crippen molar-refractivity contribution in [2.45, 2.75) is 26.4 Å². The summed E-state index contributed by atoms with van der Waals surface area (Å²) >= 11 is 6.00. The predicted molar refractivity (Wildman–Crippen MR) is 140 cm³/mol. The first-order valence-electron chi connectivity index (χ1n) is 11.9. The van der Waals surface area contributed by atoms with Gasteiger partial charge in [0.25, 0.3) is 0 Å². The van der Waals surface area contributed by atoms with Gasteiger partial charge in [-0.25, -0.2) is 23.9 Å². The fraction of sp³-hybridized carbons (Fsp3) is 0.333. The Bertz CT molecular complexity index is 1300. The molecule has 200 valence electrons. The number of hydrogen-bond acceptors (Lipinski definition) is 8. The largest absolute Gasteiger partial charge is 0.465 e. The number of carbonyl (C=O) groups excluding carboxylic acids is 2. The average molecular weight is 543 g/mol. The third kappa shape index (κ3) is 6.89. The maximum absolute atomic E-state index is 13.9. The van der Waals surface area contributed by atoms with E-state index in [4.69, 9.17) is 25.8 Å². The molecule has 1 fully saturated rings. The fourth-order valence-corrected chi connectivity index (χ4v) is 4.05. The molecule has 1 aliphatic heterocycles. The summed E-state index contributed by atoms with van der Waals surface area (Å²) in [4.78, 5) is 37.2. The van der Waals surface area contributed by atoms with E-state index in [0.29, 0.717) is 37.5 Å². The summed E-state index contributed by atoms with van der Waals surface area (Å²) in [5.41, 5.74) is 0.309. The Hall–Kier alpha value is -3.92. The minimum Gasteiger partial charge on any atom is -0.465 e. The second kappa shape index (κ2) is 11.2. The van der Waals surface area contributed by atoms with Crippen molar-refractivity contribution >= 4 is 29.5 Å². The van der Waals surface area contributed by atoms with Crippen molar-refractivity contribution in [3.63, 3.8) is 0 Å². The van der Waals surface area contributed by atoms with Gasteiger partial charge < -0.3 is 24.0 Å². The number of aromatic nitrogens is 2. The number of amides is 1. The first-order chi connectivity index (χ1) is 18.0.